The average Bonchev–Trinajstić information content (AvgIpc) is 2.73. The van der Waals surface area contributed by atoms with Crippen molar-refractivity contribution in [2.45, 2.75) is 12.0 Å². The smallest absolute Gasteiger partial charge is 0.197 e. The molecule has 0 saturated carbocycles. The predicted octanol–water partition coefficient (Wildman–Crippen LogP) is 3.64. The van der Waals surface area contributed by atoms with Crippen LogP contribution in [0.1, 0.15) is 12.0 Å². The molecule has 0 spiro atoms. The third-order valence-corrected chi connectivity index (χ3v) is 5.31. The monoisotopic (exact) mass is 374 g/mol. The van der Waals surface area contributed by atoms with Gasteiger partial charge >= 0.3 is 0 Å². The number of hydrogen-bond donors (Lipinski definition) is 3. The highest BCUT2D eigenvalue weighted by Gasteiger charge is 2.30. The highest BCUT2D eigenvalue weighted by Crippen LogP contribution is 2.36. The number of nitrogens with one attached hydrogen (secondary N) is 2. The summed E-state index contributed by atoms with van der Waals surface area (Å²) in [5.74, 6) is 0.400. The Kier molecular flexibility index (Phi) is 4.53. The van der Waals surface area contributed by atoms with E-state index in [-0.39, 0.29) is 16.6 Å². The Balaban J connectivity index is 1.89. The molecule has 142 valence electrons. The molecule has 4 rings (SSSR count). The summed E-state index contributed by atoms with van der Waals surface area (Å²) in [6.07, 6.45) is 6.84. The minimum Gasteiger partial charge on any atom is -0.507 e. The molecule has 0 fully saturated rings. The van der Waals surface area contributed by atoms with Crippen LogP contribution in [0.3, 0.4) is 0 Å². The fourth-order valence-corrected chi connectivity index (χ4v) is 3.64. The Hall–Kier alpha value is -3.31. The van der Waals surface area contributed by atoms with E-state index in [1.54, 1.807) is 6.07 Å². The Bertz CT molecular complexity index is 1150. The minimum atomic E-state index is -0.493. The van der Waals surface area contributed by atoms with Crippen molar-refractivity contribution in [2.75, 3.05) is 14.1 Å². The molecule has 3 aromatic rings. The molecule has 1 unspecified atom stereocenters. The van der Waals surface area contributed by atoms with Gasteiger partial charge in [-0.2, -0.15) is 0 Å². The van der Waals surface area contributed by atoms with Crippen molar-refractivity contribution < 1.29 is 9.52 Å². The number of benzene rings is 2. The molecule has 1 atom stereocenters. The van der Waals surface area contributed by atoms with Crippen LogP contribution in [0.25, 0.3) is 22.3 Å². The fraction of sp³-hybridized carbons (Fsp3) is 0.174. The first-order valence-corrected chi connectivity index (χ1v) is 9.19. The number of aromatic hydroxyl groups is 1. The molecule has 5 nitrogen and oxygen atoms in total. The molecule has 2 aromatic carbocycles. The highest BCUT2D eigenvalue weighted by atomic mass is 16.3. The van der Waals surface area contributed by atoms with E-state index in [9.17, 15) is 9.90 Å². The van der Waals surface area contributed by atoms with E-state index in [0.29, 0.717) is 17.8 Å². The molecule has 0 radical (unpaired) electrons. The lowest BCUT2D eigenvalue weighted by Gasteiger charge is -2.33. The van der Waals surface area contributed by atoms with Crippen LogP contribution in [0.2, 0.25) is 0 Å². The van der Waals surface area contributed by atoms with Gasteiger partial charge in [0, 0.05) is 24.4 Å². The Morgan fingerprint density at radius 2 is 1.89 bits per heavy atom. The summed E-state index contributed by atoms with van der Waals surface area (Å²) in [6, 6.07) is 14.4. The van der Waals surface area contributed by atoms with Crippen LogP contribution in [0.15, 0.2) is 81.7 Å². The van der Waals surface area contributed by atoms with Gasteiger partial charge in [0.1, 0.15) is 22.5 Å². The normalized spacial score (nSPS) is 18.9. The molecule has 0 bridgehead atoms. The summed E-state index contributed by atoms with van der Waals surface area (Å²) in [5.41, 5.74) is 2.29. The Morgan fingerprint density at radius 3 is 2.54 bits per heavy atom. The maximum absolute atomic E-state index is 12.6. The van der Waals surface area contributed by atoms with E-state index >= 15 is 0 Å². The number of phenols is 1. The lowest BCUT2D eigenvalue weighted by Crippen LogP contribution is -2.39. The van der Waals surface area contributed by atoms with Crippen molar-refractivity contribution in [2.24, 2.45) is 0 Å². The molecule has 3 N–H and O–H groups in total. The Labute approximate surface area is 163 Å². The first kappa shape index (κ1) is 18.1. The molecule has 1 aliphatic rings. The molecular formula is C23H22N2O3. The summed E-state index contributed by atoms with van der Waals surface area (Å²) in [6.45, 7) is 0. The first-order valence-electron chi connectivity index (χ1n) is 9.19. The van der Waals surface area contributed by atoms with Crippen LogP contribution < -0.4 is 16.1 Å². The second kappa shape index (κ2) is 7.02. The second-order valence-corrected chi connectivity index (χ2v) is 6.88. The van der Waals surface area contributed by atoms with Crippen molar-refractivity contribution in [3.05, 3.63) is 88.2 Å². The number of likely N-dealkylation sites (N-methyl/N-ethyl adjacent to an activating group) is 2. The van der Waals surface area contributed by atoms with E-state index in [1.807, 2.05) is 56.6 Å². The van der Waals surface area contributed by atoms with Crippen molar-refractivity contribution >= 4 is 11.0 Å². The molecule has 1 heterocycles. The standard InChI is InChI=1S/C23H22N2O3/c1-24-17-8-10-23(25-2,11-9-17)16-12-18(26)22-19(27)14-20(28-21(22)13-16)15-6-4-3-5-7-15/h3-10,12-14,24-26H,11H2,1-2H3. The molecule has 1 aromatic heterocycles. The van der Waals surface area contributed by atoms with Gasteiger partial charge in [-0.05, 0) is 37.2 Å². The van der Waals surface area contributed by atoms with Gasteiger partial charge in [0.05, 0.1) is 5.54 Å². The molecule has 1 aliphatic carbocycles. The van der Waals surface area contributed by atoms with E-state index in [1.165, 1.54) is 6.07 Å². The molecule has 5 heteroatoms. The summed E-state index contributed by atoms with van der Waals surface area (Å²) in [5, 5.41) is 17.3. The Morgan fingerprint density at radius 1 is 1.11 bits per heavy atom. The lowest BCUT2D eigenvalue weighted by atomic mass is 9.83. The number of allylic oxidation sites excluding steroid dienone is 1. The quantitative estimate of drug-likeness (QED) is 0.650. The topological polar surface area (TPSA) is 74.5 Å². The van der Waals surface area contributed by atoms with Crippen LogP contribution in [0, 0.1) is 0 Å². The van der Waals surface area contributed by atoms with Crippen molar-refractivity contribution in [1.82, 2.24) is 10.6 Å². The van der Waals surface area contributed by atoms with E-state index < -0.39 is 5.54 Å². The SMILES string of the molecule is CNC1=CCC(NC)(c2cc(O)c3c(=O)cc(-c4ccccc4)oc3c2)C=C1. The predicted molar refractivity (Wildman–Crippen MR) is 111 cm³/mol. The maximum atomic E-state index is 12.6. The maximum Gasteiger partial charge on any atom is 0.197 e. The van der Waals surface area contributed by atoms with Crippen molar-refractivity contribution in [3.8, 4) is 17.1 Å². The van der Waals surface area contributed by atoms with Gasteiger partial charge < -0.3 is 20.2 Å². The van der Waals surface area contributed by atoms with E-state index in [0.717, 1.165) is 16.8 Å². The van der Waals surface area contributed by atoms with Crippen LogP contribution in [-0.2, 0) is 5.54 Å². The summed E-state index contributed by atoms with van der Waals surface area (Å²) >= 11 is 0. The van der Waals surface area contributed by atoms with Gasteiger partial charge in [-0.1, -0.05) is 42.5 Å². The number of rotatable bonds is 4. The minimum absolute atomic E-state index is 0.0766. The summed E-state index contributed by atoms with van der Waals surface area (Å²) in [7, 11) is 3.75. The van der Waals surface area contributed by atoms with E-state index in [2.05, 4.69) is 22.8 Å². The van der Waals surface area contributed by atoms with Gasteiger partial charge in [0.15, 0.2) is 5.43 Å². The third kappa shape index (κ3) is 3.00. The van der Waals surface area contributed by atoms with Gasteiger partial charge in [-0.3, -0.25) is 4.79 Å². The molecular weight excluding hydrogens is 352 g/mol. The fourth-order valence-electron chi connectivity index (χ4n) is 3.64. The van der Waals surface area contributed by atoms with Crippen molar-refractivity contribution in [3.63, 3.8) is 0 Å². The van der Waals surface area contributed by atoms with Crippen LogP contribution in [0.4, 0.5) is 0 Å². The zero-order chi connectivity index (χ0) is 19.7. The zero-order valence-electron chi connectivity index (χ0n) is 15.8. The van der Waals surface area contributed by atoms with E-state index in [4.69, 9.17) is 4.42 Å². The van der Waals surface area contributed by atoms with Gasteiger partial charge in [0.2, 0.25) is 0 Å². The highest BCUT2D eigenvalue weighted by molar-refractivity contribution is 5.85. The average molecular weight is 374 g/mol. The molecule has 28 heavy (non-hydrogen) atoms. The summed E-state index contributed by atoms with van der Waals surface area (Å²) in [4.78, 5) is 12.6. The molecule has 0 aliphatic heterocycles. The number of fused-ring (bicyclic) bond motifs is 1. The molecule has 0 saturated heterocycles. The number of phenolic OH excluding ortho intramolecular Hbond substituents is 1. The van der Waals surface area contributed by atoms with Crippen LogP contribution in [0.5, 0.6) is 5.75 Å². The summed E-state index contributed by atoms with van der Waals surface area (Å²) < 4.78 is 6.03. The largest absolute Gasteiger partial charge is 0.507 e. The second-order valence-electron chi connectivity index (χ2n) is 6.88. The van der Waals surface area contributed by atoms with Crippen molar-refractivity contribution in [1.29, 1.82) is 0 Å². The van der Waals surface area contributed by atoms with Crippen LogP contribution >= 0.6 is 0 Å². The third-order valence-electron chi connectivity index (χ3n) is 5.31. The number of hydrogen-bond acceptors (Lipinski definition) is 5. The first-order chi connectivity index (χ1) is 13.6. The van der Waals surface area contributed by atoms with Gasteiger partial charge in [-0.15, -0.1) is 0 Å². The lowest BCUT2D eigenvalue weighted by molar-refractivity contribution is 0.443. The molecule has 0 amide bonds. The van der Waals surface area contributed by atoms with Gasteiger partial charge in [0.25, 0.3) is 0 Å². The van der Waals surface area contributed by atoms with Crippen LogP contribution in [-0.4, -0.2) is 19.2 Å². The zero-order valence-corrected chi connectivity index (χ0v) is 15.8. The van der Waals surface area contributed by atoms with Gasteiger partial charge in [-0.25, -0.2) is 0 Å².